The second-order valence-corrected chi connectivity index (χ2v) is 9.02. The van der Waals surface area contributed by atoms with E-state index in [2.05, 4.69) is 0 Å². The average molecular weight is 443 g/mol. The molecule has 3 aliphatic rings. The number of aliphatic hydroxyl groups is 1. The summed E-state index contributed by atoms with van der Waals surface area (Å²) in [5.74, 6) is -1.52. The van der Waals surface area contributed by atoms with Gasteiger partial charge in [-0.25, -0.2) is 0 Å². The molecule has 8 nitrogen and oxygen atoms in total. The lowest BCUT2D eigenvalue weighted by Gasteiger charge is -2.29. The number of carbonyl (C=O) groups excluding carboxylic acids is 2. The summed E-state index contributed by atoms with van der Waals surface area (Å²) in [6.45, 7) is 4.07. The zero-order valence-electron chi connectivity index (χ0n) is 17.0. The van der Waals surface area contributed by atoms with Crippen LogP contribution >= 0.6 is 11.3 Å². The number of fused-ring (bicyclic) bond motifs is 1. The number of hydrogen-bond donors (Lipinski definition) is 1. The van der Waals surface area contributed by atoms with Crippen molar-refractivity contribution in [3.8, 4) is 11.5 Å². The van der Waals surface area contributed by atoms with Gasteiger partial charge in [-0.05, 0) is 43.5 Å². The van der Waals surface area contributed by atoms with E-state index in [1.807, 2.05) is 17.5 Å². The largest absolute Gasteiger partial charge is 0.507 e. The standard InChI is InChI=1S/C22H21NO7S/c1-22(2)29-10-16(30-22)18-17(19(24)12-5-6-14-15(8-12)28-11-27-14)20(25)21(26)23(18)9-13-4-3-7-31-13/h3-8,16,18,24H,9-11H2,1-2H3/b19-17+. The SMILES string of the molecule is CC1(C)OCC(C2/C(=C(\O)c3ccc4c(c3)OCO4)C(=O)C(=O)N2Cc2cccs2)O1. The van der Waals surface area contributed by atoms with Gasteiger partial charge in [0.25, 0.3) is 11.7 Å². The molecular formula is C22H21NO7S. The molecule has 0 aliphatic carbocycles. The lowest BCUT2D eigenvalue weighted by Crippen LogP contribution is -2.43. The first kappa shape index (κ1) is 20.0. The summed E-state index contributed by atoms with van der Waals surface area (Å²) in [5, 5.41) is 13.0. The lowest BCUT2D eigenvalue weighted by atomic mass is 9.97. The van der Waals surface area contributed by atoms with Crippen LogP contribution in [0.2, 0.25) is 0 Å². The Morgan fingerprint density at radius 3 is 2.74 bits per heavy atom. The van der Waals surface area contributed by atoms with Gasteiger partial charge in [0.05, 0.1) is 24.8 Å². The number of Topliss-reactive ketones (excluding diaryl/α,β-unsaturated/α-hetero) is 1. The number of benzene rings is 1. The minimum atomic E-state index is -0.854. The molecule has 0 radical (unpaired) electrons. The lowest BCUT2D eigenvalue weighted by molar-refractivity contribution is -0.149. The van der Waals surface area contributed by atoms with Crippen molar-refractivity contribution in [2.75, 3.05) is 13.4 Å². The fraction of sp³-hybridized carbons (Fsp3) is 0.364. The quantitative estimate of drug-likeness (QED) is 0.441. The van der Waals surface area contributed by atoms with Crippen LogP contribution in [-0.4, -0.2) is 53.0 Å². The van der Waals surface area contributed by atoms with Crippen LogP contribution in [-0.2, 0) is 25.6 Å². The Bertz CT molecular complexity index is 1080. The number of nitrogens with zero attached hydrogens (tertiary/aromatic N) is 1. The monoisotopic (exact) mass is 443 g/mol. The van der Waals surface area contributed by atoms with E-state index in [9.17, 15) is 14.7 Å². The molecule has 0 bridgehead atoms. The summed E-state index contributed by atoms with van der Waals surface area (Å²) in [5.41, 5.74) is 0.369. The van der Waals surface area contributed by atoms with Gasteiger partial charge in [-0.1, -0.05) is 6.07 Å². The third-order valence-electron chi connectivity index (χ3n) is 5.52. The molecule has 9 heteroatoms. The van der Waals surface area contributed by atoms with Crippen molar-refractivity contribution in [2.24, 2.45) is 0 Å². The van der Waals surface area contributed by atoms with E-state index in [4.69, 9.17) is 18.9 Å². The fourth-order valence-corrected chi connectivity index (χ4v) is 4.81. The van der Waals surface area contributed by atoms with Gasteiger partial charge >= 0.3 is 0 Å². The molecule has 4 heterocycles. The minimum Gasteiger partial charge on any atom is -0.507 e. The predicted molar refractivity (Wildman–Crippen MR) is 111 cm³/mol. The molecule has 2 atom stereocenters. The predicted octanol–water partition coefficient (Wildman–Crippen LogP) is 2.88. The Morgan fingerprint density at radius 2 is 2.03 bits per heavy atom. The number of hydrogen-bond acceptors (Lipinski definition) is 8. The number of carbonyl (C=O) groups is 2. The minimum absolute atomic E-state index is 0.00622. The molecule has 2 aromatic rings. The first-order chi connectivity index (χ1) is 14.8. The first-order valence-corrected chi connectivity index (χ1v) is 10.7. The molecule has 2 unspecified atom stereocenters. The van der Waals surface area contributed by atoms with Crippen LogP contribution < -0.4 is 9.47 Å². The van der Waals surface area contributed by atoms with E-state index in [0.717, 1.165) is 4.88 Å². The van der Waals surface area contributed by atoms with Gasteiger partial charge in [0.2, 0.25) is 6.79 Å². The fourth-order valence-electron chi connectivity index (χ4n) is 4.11. The van der Waals surface area contributed by atoms with Crippen LogP contribution in [0.25, 0.3) is 5.76 Å². The molecule has 3 aliphatic heterocycles. The van der Waals surface area contributed by atoms with Crippen LogP contribution in [0.4, 0.5) is 0 Å². The van der Waals surface area contributed by atoms with Crippen molar-refractivity contribution in [1.82, 2.24) is 4.90 Å². The Hall–Kier alpha value is -2.88. The third-order valence-corrected chi connectivity index (χ3v) is 6.38. The molecule has 0 spiro atoms. The maximum atomic E-state index is 13.1. The number of rotatable bonds is 4. The maximum absolute atomic E-state index is 13.1. The number of ketones is 1. The van der Waals surface area contributed by atoms with E-state index in [-0.39, 0.29) is 31.3 Å². The molecule has 1 N–H and O–H groups in total. The van der Waals surface area contributed by atoms with Crippen LogP contribution in [0.15, 0.2) is 41.3 Å². The Balaban J connectivity index is 1.58. The molecule has 5 rings (SSSR count). The summed E-state index contributed by atoms with van der Waals surface area (Å²) in [6, 6.07) is 7.88. The summed E-state index contributed by atoms with van der Waals surface area (Å²) in [4.78, 5) is 28.4. The van der Waals surface area contributed by atoms with E-state index in [0.29, 0.717) is 17.1 Å². The van der Waals surface area contributed by atoms with Crippen molar-refractivity contribution in [1.29, 1.82) is 0 Å². The van der Waals surface area contributed by atoms with Gasteiger partial charge in [0.1, 0.15) is 11.9 Å². The van der Waals surface area contributed by atoms with Gasteiger partial charge in [-0.15, -0.1) is 11.3 Å². The van der Waals surface area contributed by atoms with Crippen molar-refractivity contribution >= 4 is 28.8 Å². The third kappa shape index (κ3) is 3.48. The van der Waals surface area contributed by atoms with E-state index >= 15 is 0 Å². The Morgan fingerprint density at radius 1 is 1.23 bits per heavy atom. The molecule has 31 heavy (non-hydrogen) atoms. The number of thiophene rings is 1. The highest BCUT2D eigenvalue weighted by molar-refractivity contribution is 7.09. The van der Waals surface area contributed by atoms with E-state index in [1.165, 1.54) is 16.2 Å². The molecule has 1 aromatic heterocycles. The second kappa shape index (κ2) is 7.37. The summed E-state index contributed by atoms with van der Waals surface area (Å²) >= 11 is 1.49. The number of aliphatic hydroxyl groups excluding tert-OH is 1. The summed E-state index contributed by atoms with van der Waals surface area (Å²) in [6.07, 6.45) is -0.600. The van der Waals surface area contributed by atoms with Crippen molar-refractivity contribution < 1.29 is 33.6 Å². The number of amides is 1. The summed E-state index contributed by atoms with van der Waals surface area (Å²) in [7, 11) is 0. The Kier molecular flexibility index (Phi) is 4.76. The van der Waals surface area contributed by atoms with E-state index in [1.54, 1.807) is 32.0 Å². The second-order valence-electron chi connectivity index (χ2n) is 7.98. The zero-order chi connectivity index (χ0) is 21.8. The highest BCUT2D eigenvalue weighted by Crippen LogP contribution is 2.39. The van der Waals surface area contributed by atoms with Crippen LogP contribution in [0.3, 0.4) is 0 Å². The van der Waals surface area contributed by atoms with Crippen molar-refractivity contribution in [3.05, 3.63) is 51.7 Å². The molecule has 1 aromatic carbocycles. The smallest absolute Gasteiger partial charge is 0.295 e. The molecule has 2 fully saturated rings. The van der Waals surface area contributed by atoms with Crippen LogP contribution in [0.5, 0.6) is 11.5 Å². The molecule has 0 saturated carbocycles. The normalized spacial score (nSPS) is 26.1. The number of likely N-dealkylation sites (tertiary alicyclic amines) is 1. The molecular weight excluding hydrogens is 422 g/mol. The highest BCUT2D eigenvalue weighted by atomic mass is 32.1. The molecule has 162 valence electrons. The van der Waals surface area contributed by atoms with Gasteiger partial charge < -0.3 is 29.0 Å². The van der Waals surface area contributed by atoms with Crippen molar-refractivity contribution in [3.63, 3.8) is 0 Å². The zero-order valence-corrected chi connectivity index (χ0v) is 17.8. The van der Waals surface area contributed by atoms with Crippen LogP contribution in [0.1, 0.15) is 24.3 Å². The van der Waals surface area contributed by atoms with E-state index < -0.39 is 29.6 Å². The molecule has 1 amide bonds. The maximum Gasteiger partial charge on any atom is 0.295 e. The van der Waals surface area contributed by atoms with Crippen LogP contribution in [0, 0.1) is 0 Å². The molecule has 2 saturated heterocycles. The van der Waals surface area contributed by atoms with Gasteiger partial charge in [0, 0.05) is 10.4 Å². The topological polar surface area (TPSA) is 94.5 Å². The summed E-state index contributed by atoms with van der Waals surface area (Å²) < 4.78 is 22.4. The average Bonchev–Trinajstić information content (AvgIpc) is 3.52. The highest BCUT2D eigenvalue weighted by Gasteiger charge is 2.52. The van der Waals surface area contributed by atoms with Gasteiger partial charge in [-0.2, -0.15) is 0 Å². The number of ether oxygens (including phenoxy) is 4. The van der Waals surface area contributed by atoms with Gasteiger partial charge in [-0.3, -0.25) is 9.59 Å². The van der Waals surface area contributed by atoms with Gasteiger partial charge in [0.15, 0.2) is 17.3 Å². The first-order valence-electron chi connectivity index (χ1n) is 9.87. The van der Waals surface area contributed by atoms with Crippen molar-refractivity contribution in [2.45, 2.75) is 38.3 Å². The Labute approximate surface area is 182 Å².